The second-order valence-electron chi connectivity index (χ2n) is 5.94. The van der Waals surface area contributed by atoms with Crippen molar-refractivity contribution in [3.05, 3.63) is 82.1 Å². The number of aryl methyl sites for hydroxylation is 2. The van der Waals surface area contributed by atoms with E-state index in [1.807, 2.05) is 62.4 Å². The zero-order chi connectivity index (χ0) is 17.8. The summed E-state index contributed by atoms with van der Waals surface area (Å²) < 4.78 is 1.18. The van der Waals surface area contributed by atoms with E-state index in [0.29, 0.717) is 5.69 Å². The third kappa shape index (κ3) is 4.01. The standard InChI is InChI=1S/C20H19N3O2/c1-14-7-9-16(10-8-14)18-11-12-20(25)23(22-18)13-19(24)21-17-6-4-3-5-15(17)2/h3-12H,13H2,1-2H3,(H,21,24). The molecule has 25 heavy (non-hydrogen) atoms. The second kappa shape index (κ2) is 7.13. The number of rotatable bonds is 4. The predicted octanol–water partition coefficient (Wildman–Crippen LogP) is 3.17. The van der Waals surface area contributed by atoms with Gasteiger partial charge in [-0.1, -0.05) is 48.0 Å². The highest BCUT2D eigenvalue weighted by Crippen LogP contribution is 2.16. The minimum absolute atomic E-state index is 0.132. The highest BCUT2D eigenvalue weighted by atomic mass is 16.2. The van der Waals surface area contributed by atoms with Crippen LogP contribution in [0.5, 0.6) is 0 Å². The van der Waals surface area contributed by atoms with E-state index in [1.54, 1.807) is 6.07 Å². The molecule has 0 fully saturated rings. The van der Waals surface area contributed by atoms with Gasteiger partial charge in [0.25, 0.3) is 5.56 Å². The normalized spacial score (nSPS) is 10.5. The van der Waals surface area contributed by atoms with Gasteiger partial charge in [0.1, 0.15) is 6.54 Å². The third-order valence-electron chi connectivity index (χ3n) is 3.93. The maximum absolute atomic E-state index is 12.3. The average molecular weight is 333 g/mol. The molecule has 0 aliphatic heterocycles. The first-order chi connectivity index (χ1) is 12.0. The van der Waals surface area contributed by atoms with Crippen LogP contribution in [0.15, 0.2) is 65.5 Å². The van der Waals surface area contributed by atoms with Crippen molar-refractivity contribution in [1.82, 2.24) is 9.78 Å². The Balaban J connectivity index is 1.81. The molecule has 0 aliphatic carbocycles. The monoisotopic (exact) mass is 333 g/mol. The van der Waals surface area contributed by atoms with Crippen LogP contribution >= 0.6 is 0 Å². The number of nitrogens with one attached hydrogen (secondary N) is 1. The van der Waals surface area contributed by atoms with Gasteiger partial charge in [-0.05, 0) is 31.5 Å². The number of anilines is 1. The molecule has 0 spiro atoms. The first-order valence-electron chi connectivity index (χ1n) is 8.03. The van der Waals surface area contributed by atoms with Crippen LogP contribution in [0.1, 0.15) is 11.1 Å². The van der Waals surface area contributed by atoms with Crippen LogP contribution in [0.25, 0.3) is 11.3 Å². The summed E-state index contributed by atoms with van der Waals surface area (Å²) in [6.45, 7) is 3.79. The van der Waals surface area contributed by atoms with Gasteiger partial charge in [0.15, 0.2) is 0 Å². The molecule has 3 rings (SSSR count). The van der Waals surface area contributed by atoms with E-state index in [2.05, 4.69) is 10.4 Å². The summed E-state index contributed by atoms with van der Waals surface area (Å²) in [6.07, 6.45) is 0. The molecule has 0 unspecified atom stereocenters. The van der Waals surface area contributed by atoms with E-state index >= 15 is 0 Å². The van der Waals surface area contributed by atoms with Gasteiger partial charge >= 0.3 is 0 Å². The van der Waals surface area contributed by atoms with Gasteiger partial charge in [-0.25, -0.2) is 4.68 Å². The third-order valence-corrected chi connectivity index (χ3v) is 3.93. The zero-order valence-electron chi connectivity index (χ0n) is 14.2. The maximum Gasteiger partial charge on any atom is 0.267 e. The molecule has 0 aliphatic rings. The van der Waals surface area contributed by atoms with Crippen molar-refractivity contribution in [2.75, 3.05) is 5.32 Å². The number of para-hydroxylation sites is 1. The Morgan fingerprint density at radius 1 is 1.00 bits per heavy atom. The quantitative estimate of drug-likeness (QED) is 0.797. The van der Waals surface area contributed by atoms with E-state index in [-0.39, 0.29) is 18.0 Å². The molecule has 3 aromatic rings. The Morgan fingerprint density at radius 3 is 2.44 bits per heavy atom. The van der Waals surface area contributed by atoms with Gasteiger partial charge in [0, 0.05) is 17.3 Å². The number of aromatic nitrogens is 2. The van der Waals surface area contributed by atoms with E-state index in [9.17, 15) is 9.59 Å². The molecular formula is C20H19N3O2. The van der Waals surface area contributed by atoms with E-state index in [4.69, 9.17) is 0 Å². The molecule has 0 bridgehead atoms. The molecule has 0 saturated heterocycles. The minimum atomic E-state index is -0.309. The Kier molecular flexibility index (Phi) is 4.75. The molecule has 5 heteroatoms. The molecule has 0 atom stereocenters. The number of hydrogen-bond donors (Lipinski definition) is 1. The van der Waals surface area contributed by atoms with Crippen molar-refractivity contribution in [3.63, 3.8) is 0 Å². The fraction of sp³-hybridized carbons (Fsp3) is 0.150. The van der Waals surface area contributed by atoms with Crippen LogP contribution in [0.3, 0.4) is 0 Å². The van der Waals surface area contributed by atoms with Crippen molar-refractivity contribution in [3.8, 4) is 11.3 Å². The summed E-state index contributed by atoms with van der Waals surface area (Å²) in [5.74, 6) is -0.287. The molecule has 5 nitrogen and oxygen atoms in total. The molecule has 1 N–H and O–H groups in total. The van der Waals surface area contributed by atoms with Gasteiger partial charge in [0.2, 0.25) is 5.91 Å². The Labute approximate surface area is 145 Å². The Bertz CT molecular complexity index is 959. The predicted molar refractivity (Wildman–Crippen MR) is 98.5 cm³/mol. The lowest BCUT2D eigenvalue weighted by Crippen LogP contribution is -2.29. The summed E-state index contributed by atoms with van der Waals surface area (Å²) in [7, 11) is 0. The lowest BCUT2D eigenvalue weighted by molar-refractivity contribution is -0.117. The van der Waals surface area contributed by atoms with Crippen LogP contribution in [-0.4, -0.2) is 15.7 Å². The van der Waals surface area contributed by atoms with Crippen molar-refractivity contribution < 1.29 is 4.79 Å². The van der Waals surface area contributed by atoms with Crippen LogP contribution in [-0.2, 0) is 11.3 Å². The first kappa shape index (κ1) is 16.6. The number of carbonyl (C=O) groups is 1. The van der Waals surface area contributed by atoms with Gasteiger partial charge in [0.05, 0.1) is 5.69 Å². The fourth-order valence-corrected chi connectivity index (χ4v) is 2.48. The average Bonchev–Trinajstić information content (AvgIpc) is 2.60. The van der Waals surface area contributed by atoms with Crippen molar-refractivity contribution in [1.29, 1.82) is 0 Å². The Hall–Kier alpha value is -3.21. The summed E-state index contributed by atoms with van der Waals surface area (Å²) in [5.41, 5.74) is 4.09. The van der Waals surface area contributed by atoms with Gasteiger partial charge in [-0.15, -0.1) is 0 Å². The van der Waals surface area contributed by atoms with Crippen LogP contribution < -0.4 is 10.9 Å². The molecule has 0 radical (unpaired) electrons. The van der Waals surface area contributed by atoms with E-state index < -0.39 is 0 Å². The summed E-state index contributed by atoms with van der Waals surface area (Å²) in [5, 5.41) is 7.13. The lowest BCUT2D eigenvalue weighted by Gasteiger charge is -2.10. The van der Waals surface area contributed by atoms with Crippen molar-refractivity contribution in [2.24, 2.45) is 0 Å². The highest BCUT2D eigenvalue weighted by Gasteiger charge is 2.09. The maximum atomic E-state index is 12.3. The SMILES string of the molecule is Cc1ccc(-c2ccc(=O)n(CC(=O)Nc3ccccc3C)n2)cc1. The smallest absolute Gasteiger partial charge is 0.267 e. The Morgan fingerprint density at radius 2 is 1.72 bits per heavy atom. The summed E-state index contributed by atoms with van der Waals surface area (Å²) in [6, 6.07) is 18.5. The molecule has 2 aromatic carbocycles. The zero-order valence-corrected chi connectivity index (χ0v) is 14.2. The van der Waals surface area contributed by atoms with Gasteiger partial charge < -0.3 is 5.32 Å². The van der Waals surface area contributed by atoms with Gasteiger partial charge in [-0.2, -0.15) is 5.10 Å². The van der Waals surface area contributed by atoms with E-state index in [1.165, 1.54) is 10.7 Å². The molecule has 1 aromatic heterocycles. The molecule has 126 valence electrons. The van der Waals surface area contributed by atoms with Crippen LogP contribution in [0.2, 0.25) is 0 Å². The number of hydrogen-bond acceptors (Lipinski definition) is 3. The second-order valence-corrected chi connectivity index (χ2v) is 5.94. The van der Waals surface area contributed by atoms with Crippen molar-refractivity contribution >= 4 is 11.6 Å². The summed E-state index contributed by atoms with van der Waals surface area (Å²) >= 11 is 0. The number of amides is 1. The molecule has 1 heterocycles. The van der Waals surface area contributed by atoms with Crippen LogP contribution in [0.4, 0.5) is 5.69 Å². The molecule has 0 saturated carbocycles. The molecular weight excluding hydrogens is 314 g/mol. The largest absolute Gasteiger partial charge is 0.324 e. The summed E-state index contributed by atoms with van der Waals surface area (Å²) in [4.78, 5) is 24.3. The molecule has 1 amide bonds. The number of benzene rings is 2. The van der Waals surface area contributed by atoms with Gasteiger partial charge in [-0.3, -0.25) is 9.59 Å². The number of carbonyl (C=O) groups excluding carboxylic acids is 1. The highest BCUT2D eigenvalue weighted by molar-refractivity contribution is 5.91. The van der Waals surface area contributed by atoms with Crippen molar-refractivity contribution in [2.45, 2.75) is 20.4 Å². The first-order valence-corrected chi connectivity index (χ1v) is 8.03. The topological polar surface area (TPSA) is 64.0 Å². The van der Waals surface area contributed by atoms with E-state index in [0.717, 1.165) is 22.4 Å². The lowest BCUT2D eigenvalue weighted by atomic mass is 10.1. The minimum Gasteiger partial charge on any atom is -0.324 e. The number of nitrogens with zero attached hydrogens (tertiary/aromatic N) is 2. The fourth-order valence-electron chi connectivity index (χ4n) is 2.48. The van der Waals surface area contributed by atoms with Crippen LogP contribution in [0, 0.1) is 13.8 Å².